The standard InChI is InChI=1S/C19H24N4O/c1-13-12-24-10-9-23(13)18-11-17(14-3-2-4-14)21-19(22-18)15-5-7-16(20)8-6-15/h5-8,11,13-14H,2-4,9-10,12,20H2,1H3/t13-/m0/s1. The molecule has 1 aromatic carbocycles. The predicted octanol–water partition coefficient (Wildman–Crippen LogP) is 3.22. The van der Waals surface area contributed by atoms with Crippen molar-refractivity contribution in [2.24, 2.45) is 0 Å². The van der Waals surface area contributed by atoms with Gasteiger partial charge in [0.05, 0.1) is 19.3 Å². The minimum absolute atomic E-state index is 0.335. The molecule has 5 nitrogen and oxygen atoms in total. The molecule has 0 spiro atoms. The second-order valence-corrected chi connectivity index (χ2v) is 6.84. The Kier molecular flexibility index (Phi) is 4.10. The summed E-state index contributed by atoms with van der Waals surface area (Å²) in [7, 11) is 0. The minimum atomic E-state index is 0.335. The highest BCUT2D eigenvalue weighted by Crippen LogP contribution is 2.37. The average Bonchev–Trinajstić information content (AvgIpc) is 2.54. The molecule has 0 bridgehead atoms. The van der Waals surface area contributed by atoms with Gasteiger partial charge in [0.25, 0.3) is 0 Å². The highest BCUT2D eigenvalue weighted by molar-refractivity contribution is 5.61. The van der Waals surface area contributed by atoms with E-state index in [-0.39, 0.29) is 0 Å². The molecule has 1 saturated carbocycles. The lowest BCUT2D eigenvalue weighted by molar-refractivity contribution is 0.0985. The first-order chi connectivity index (χ1) is 11.7. The van der Waals surface area contributed by atoms with E-state index in [9.17, 15) is 0 Å². The van der Waals surface area contributed by atoms with Crippen LogP contribution in [-0.2, 0) is 4.74 Å². The van der Waals surface area contributed by atoms with Gasteiger partial charge in [-0.15, -0.1) is 0 Å². The summed E-state index contributed by atoms with van der Waals surface area (Å²) in [4.78, 5) is 12.1. The van der Waals surface area contributed by atoms with Gasteiger partial charge in [-0.05, 0) is 44.0 Å². The van der Waals surface area contributed by atoms with Gasteiger partial charge in [-0.25, -0.2) is 9.97 Å². The first-order valence-electron chi connectivity index (χ1n) is 8.80. The summed E-state index contributed by atoms with van der Waals surface area (Å²) in [5, 5.41) is 0. The number of ether oxygens (including phenoxy) is 1. The van der Waals surface area contributed by atoms with Crippen LogP contribution in [0.15, 0.2) is 30.3 Å². The van der Waals surface area contributed by atoms with Gasteiger partial charge >= 0.3 is 0 Å². The SMILES string of the molecule is C[C@H]1COCCN1c1cc(C2CCC2)nc(-c2ccc(N)cc2)n1. The topological polar surface area (TPSA) is 64.3 Å². The molecule has 2 aliphatic rings. The van der Waals surface area contributed by atoms with Crippen LogP contribution < -0.4 is 10.6 Å². The van der Waals surface area contributed by atoms with E-state index < -0.39 is 0 Å². The van der Waals surface area contributed by atoms with Crippen LogP contribution in [0.3, 0.4) is 0 Å². The molecule has 2 heterocycles. The number of nitrogens with two attached hydrogens (primary N) is 1. The van der Waals surface area contributed by atoms with E-state index in [1.807, 2.05) is 24.3 Å². The smallest absolute Gasteiger partial charge is 0.161 e. The third-order valence-corrected chi connectivity index (χ3v) is 5.09. The normalized spacial score (nSPS) is 21.5. The van der Waals surface area contributed by atoms with Crippen molar-refractivity contribution >= 4 is 11.5 Å². The number of anilines is 2. The Labute approximate surface area is 142 Å². The summed E-state index contributed by atoms with van der Waals surface area (Å²) in [6.45, 7) is 4.57. The van der Waals surface area contributed by atoms with Crippen LogP contribution in [0.5, 0.6) is 0 Å². The second kappa shape index (κ2) is 6.40. The summed E-state index contributed by atoms with van der Waals surface area (Å²) in [6, 6.07) is 10.3. The van der Waals surface area contributed by atoms with Gasteiger partial charge in [-0.1, -0.05) is 6.42 Å². The zero-order valence-electron chi connectivity index (χ0n) is 14.1. The summed E-state index contributed by atoms with van der Waals surface area (Å²) < 4.78 is 5.57. The lowest BCUT2D eigenvalue weighted by Crippen LogP contribution is -2.44. The monoisotopic (exact) mass is 324 g/mol. The van der Waals surface area contributed by atoms with Gasteiger partial charge in [0, 0.05) is 35.5 Å². The van der Waals surface area contributed by atoms with E-state index >= 15 is 0 Å². The Morgan fingerprint density at radius 1 is 1.17 bits per heavy atom. The molecule has 2 fully saturated rings. The maximum absolute atomic E-state index is 5.82. The number of morpholine rings is 1. The molecule has 2 aromatic rings. The first-order valence-corrected chi connectivity index (χ1v) is 8.80. The fourth-order valence-electron chi connectivity index (χ4n) is 3.34. The molecule has 0 radical (unpaired) electrons. The molecule has 2 N–H and O–H groups in total. The summed E-state index contributed by atoms with van der Waals surface area (Å²) in [5.74, 6) is 2.40. The molecular weight excluding hydrogens is 300 g/mol. The number of nitrogens with zero attached hydrogens (tertiary/aromatic N) is 3. The van der Waals surface area contributed by atoms with Gasteiger partial charge in [-0.2, -0.15) is 0 Å². The highest BCUT2D eigenvalue weighted by atomic mass is 16.5. The van der Waals surface area contributed by atoms with Crippen LogP contribution in [0.4, 0.5) is 11.5 Å². The van der Waals surface area contributed by atoms with Crippen molar-refractivity contribution < 1.29 is 4.74 Å². The van der Waals surface area contributed by atoms with Crippen molar-refractivity contribution in [1.29, 1.82) is 0 Å². The number of nitrogen functional groups attached to an aromatic ring is 1. The van der Waals surface area contributed by atoms with E-state index in [4.69, 9.17) is 20.4 Å². The van der Waals surface area contributed by atoms with Crippen LogP contribution in [0.1, 0.15) is 37.8 Å². The fraction of sp³-hybridized carbons (Fsp3) is 0.474. The molecule has 126 valence electrons. The highest BCUT2D eigenvalue weighted by Gasteiger charge is 2.26. The van der Waals surface area contributed by atoms with Gasteiger partial charge in [-0.3, -0.25) is 0 Å². The fourth-order valence-corrected chi connectivity index (χ4v) is 3.34. The lowest BCUT2D eigenvalue weighted by atomic mass is 9.82. The second-order valence-electron chi connectivity index (χ2n) is 6.84. The third kappa shape index (κ3) is 2.96. The number of rotatable bonds is 3. The van der Waals surface area contributed by atoms with Crippen molar-refractivity contribution in [3.05, 3.63) is 36.0 Å². The van der Waals surface area contributed by atoms with E-state index in [0.717, 1.165) is 42.7 Å². The van der Waals surface area contributed by atoms with Gasteiger partial charge in [0.1, 0.15) is 5.82 Å². The van der Waals surface area contributed by atoms with E-state index in [0.29, 0.717) is 12.0 Å². The molecule has 0 amide bonds. The van der Waals surface area contributed by atoms with Crippen molar-refractivity contribution in [3.63, 3.8) is 0 Å². The molecule has 1 atom stereocenters. The first kappa shape index (κ1) is 15.4. The Morgan fingerprint density at radius 3 is 2.62 bits per heavy atom. The molecular formula is C19H24N4O. The largest absolute Gasteiger partial charge is 0.399 e. The van der Waals surface area contributed by atoms with Crippen molar-refractivity contribution in [1.82, 2.24) is 9.97 Å². The summed E-state index contributed by atoms with van der Waals surface area (Å²) in [6.07, 6.45) is 3.77. The molecule has 1 aliphatic carbocycles. The maximum atomic E-state index is 5.82. The quantitative estimate of drug-likeness (QED) is 0.878. The van der Waals surface area contributed by atoms with Gasteiger partial charge in [0.2, 0.25) is 0 Å². The van der Waals surface area contributed by atoms with Gasteiger partial charge < -0.3 is 15.4 Å². The number of benzene rings is 1. The number of hydrogen-bond donors (Lipinski definition) is 1. The minimum Gasteiger partial charge on any atom is -0.399 e. The van der Waals surface area contributed by atoms with Crippen LogP contribution >= 0.6 is 0 Å². The van der Waals surface area contributed by atoms with E-state index in [1.54, 1.807) is 0 Å². The predicted molar refractivity (Wildman–Crippen MR) is 96.1 cm³/mol. The number of aromatic nitrogens is 2. The van der Waals surface area contributed by atoms with Gasteiger partial charge in [0.15, 0.2) is 5.82 Å². The summed E-state index contributed by atoms with van der Waals surface area (Å²) >= 11 is 0. The van der Waals surface area contributed by atoms with Crippen LogP contribution in [0.25, 0.3) is 11.4 Å². The zero-order chi connectivity index (χ0) is 16.5. The Morgan fingerprint density at radius 2 is 1.96 bits per heavy atom. The molecule has 1 aliphatic heterocycles. The molecule has 1 saturated heterocycles. The lowest BCUT2D eigenvalue weighted by Gasteiger charge is -2.35. The molecule has 1 aromatic heterocycles. The molecule has 5 heteroatoms. The average molecular weight is 324 g/mol. The summed E-state index contributed by atoms with van der Waals surface area (Å²) in [5.41, 5.74) is 8.77. The van der Waals surface area contributed by atoms with Crippen LogP contribution in [0.2, 0.25) is 0 Å². The van der Waals surface area contributed by atoms with Crippen LogP contribution in [0, 0.1) is 0 Å². The zero-order valence-corrected chi connectivity index (χ0v) is 14.1. The molecule has 4 rings (SSSR count). The molecule has 24 heavy (non-hydrogen) atoms. The van der Waals surface area contributed by atoms with E-state index in [2.05, 4.69) is 17.9 Å². The molecule has 0 unspecified atom stereocenters. The maximum Gasteiger partial charge on any atom is 0.161 e. The van der Waals surface area contributed by atoms with E-state index in [1.165, 1.54) is 25.0 Å². The Bertz CT molecular complexity index is 712. The van der Waals surface area contributed by atoms with Crippen molar-refractivity contribution in [2.45, 2.75) is 38.1 Å². The van der Waals surface area contributed by atoms with Crippen molar-refractivity contribution in [3.8, 4) is 11.4 Å². The Hall–Kier alpha value is -2.14. The third-order valence-electron chi connectivity index (χ3n) is 5.09. The number of hydrogen-bond acceptors (Lipinski definition) is 5. The van der Waals surface area contributed by atoms with Crippen LogP contribution in [-0.4, -0.2) is 35.8 Å². The Balaban J connectivity index is 1.75. The van der Waals surface area contributed by atoms with Crippen molar-refractivity contribution in [2.75, 3.05) is 30.4 Å².